The van der Waals surface area contributed by atoms with Crippen LogP contribution in [0, 0.1) is 5.92 Å². The van der Waals surface area contributed by atoms with Crippen LogP contribution in [0.25, 0.3) is 0 Å². The summed E-state index contributed by atoms with van der Waals surface area (Å²) in [4.78, 5) is 0. The Morgan fingerprint density at radius 1 is 0.741 bits per heavy atom. The first-order valence-electron chi connectivity index (χ1n) is 9.87. The van der Waals surface area contributed by atoms with Gasteiger partial charge < -0.3 is 4.74 Å². The molecule has 4 atom stereocenters. The third-order valence-corrected chi connectivity index (χ3v) is 6.31. The predicted octanol–water partition coefficient (Wildman–Crippen LogP) is 5.88. The molecule has 3 aromatic carbocycles. The van der Waals surface area contributed by atoms with Gasteiger partial charge in [-0.3, -0.25) is 0 Å². The van der Waals surface area contributed by atoms with Gasteiger partial charge in [-0.1, -0.05) is 91.0 Å². The van der Waals surface area contributed by atoms with E-state index in [0.29, 0.717) is 11.8 Å². The van der Waals surface area contributed by atoms with Crippen LogP contribution >= 0.6 is 0 Å². The number of hydrogen-bond donors (Lipinski definition) is 0. The van der Waals surface area contributed by atoms with Gasteiger partial charge in [-0.05, 0) is 35.6 Å². The molecule has 27 heavy (non-hydrogen) atoms. The molecule has 0 amide bonds. The summed E-state index contributed by atoms with van der Waals surface area (Å²) in [6, 6.07) is 32.7. The van der Waals surface area contributed by atoms with Crippen molar-refractivity contribution in [2.45, 2.75) is 30.3 Å². The van der Waals surface area contributed by atoms with Gasteiger partial charge in [0.1, 0.15) is 6.10 Å². The summed E-state index contributed by atoms with van der Waals surface area (Å²) < 4.78 is 6.17. The Kier molecular flexibility index (Phi) is 4.09. The molecular formula is C26H24O. The monoisotopic (exact) mass is 352 g/mol. The molecule has 0 radical (unpaired) electrons. The summed E-state index contributed by atoms with van der Waals surface area (Å²) in [5, 5.41) is 0. The zero-order valence-electron chi connectivity index (χ0n) is 15.4. The molecule has 1 saturated carbocycles. The lowest BCUT2D eigenvalue weighted by Gasteiger charge is -2.25. The molecular weight excluding hydrogens is 328 g/mol. The molecule has 0 aromatic heterocycles. The van der Waals surface area contributed by atoms with Crippen molar-refractivity contribution in [1.82, 2.24) is 0 Å². The minimum Gasteiger partial charge on any atom is -0.498 e. The van der Waals surface area contributed by atoms with Gasteiger partial charge in [0.05, 0.1) is 6.26 Å². The quantitative estimate of drug-likeness (QED) is 0.557. The van der Waals surface area contributed by atoms with Gasteiger partial charge >= 0.3 is 0 Å². The van der Waals surface area contributed by atoms with E-state index in [1.54, 1.807) is 0 Å². The van der Waals surface area contributed by atoms with E-state index in [2.05, 4.69) is 97.1 Å². The smallest absolute Gasteiger partial charge is 0.103 e. The van der Waals surface area contributed by atoms with E-state index in [4.69, 9.17) is 4.74 Å². The topological polar surface area (TPSA) is 9.23 Å². The lowest BCUT2D eigenvalue weighted by Crippen LogP contribution is -2.24. The second kappa shape index (κ2) is 6.74. The molecule has 1 heterocycles. The van der Waals surface area contributed by atoms with Crippen LogP contribution in [0.1, 0.15) is 29.0 Å². The Morgan fingerprint density at radius 3 is 2.07 bits per heavy atom. The SMILES string of the molecule is C1=C[C@]2(c3ccccc3)[C@@H]([C@H]2c2ccccc2)[C@@H](CCc2ccccc2)O1. The van der Waals surface area contributed by atoms with Gasteiger partial charge in [-0.15, -0.1) is 0 Å². The maximum absolute atomic E-state index is 6.17. The fraction of sp³-hybridized carbons (Fsp3) is 0.231. The largest absolute Gasteiger partial charge is 0.498 e. The summed E-state index contributed by atoms with van der Waals surface area (Å²) >= 11 is 0. The Morgan fingerprint density at radius 2 is 1.37 bits per heavy atom. The number of hydrogen-bond acceptors (Lipinski definition) is 1. The molecule has 134 valence electrons. The Bertz CT molecular complexity index is 916. The van der Waals surface area contributed by atoms with E-state index >= 15 is 0 Å². The molecule has 1 aliphatic carbocycles. The predicted molar refractivity (Wildman–Crippen MR) is 110 cm³/mol. The van der Waals surface area contributed by atoms with Crippen molar-refractivity contribution in [2.75, 3.05) is 0 Å². The highest BCUT2D eigenvalue weighted by molar-refractivity contribution is 5.52. The molecule has 1 aliphatic heterocycles. The Hall–Kier alpha value is -2.80. The van der Waals surface area contributed by atoms with Crippen LogP contribution in [0.2, 0.25) is 0 Å². The second-order valence-electron chi connectivity index (χ2n) is 7.71. The normalized spacial score (nSPS) is 28.2. The van der Waals surface area contributed by atoms with E-state index in [-0.39, 0.29) is 11.5 Å². The fourth-order valence-electron chi connectivity index (χ4n) is 5.05. The highest BCUT2D eigenvalue weighted by atomic mass is 16.5. The van der Waals surface area contributed by atoms with Crippen LogP contribution in [-0.4, -0.2) is 6.10 Å². The van der Waals surface area contributed by atoms with Crippen LogP contribution in [-0.2, 0) is 16.6 Å². The number of fused-ring (bicyclic) bond motifs is 1. The van der Waals surface area contributed by atoms with Crippen molar-refractivity contribution in [3.05, 3.63) is 120 Å². The number of rotatable bonds is 5. The summed E-state index contributed by atoms with van der Waals surface area (Å²) in [5.74, 6) is 0.983. The summed E-state index contributed by atoms with van der Waals surface area (Å²) in [5.41, 5.74) is 4.29. The third-order valence-electron chi connectivity index (χ3n) is 6.31. The summed E-state index contributed by atoms with van der Waals surface area (Å²) in [7, 11) is 0. The highest BCUT2D eigenvalue weighted by Crippen LogP contribution is 2.70. The number of aryl methyl sites for hydroxylation is 1. The average molecular weight is 352 g/mol. The van der Waals surface area contributed by atoms with Gasteiger partial charge in [0.2, 0.25) is 0 Å². The van der Waals surface area contributed by atoms with Crippen molar-refractivity contribution < 1.29 is 4.74 Å². The van der Waals surface area contributed by atoms with E-state index in [9.17, 15) is 0 Å². The first-order valence-corrected chi connectivity index (χ1v) is 9.87. The Balaban J connectivity index is 1.47. The molecule has 0 unspecified atom stereocenters. The van der Waals surface area contributed by atoms with Crippen molar-refractivity contribution in [1.29, 1.82) is 0 Å². The van der Waals surface area contributed by atoms with Gasteiger partial charge in [-0.25, -0.2) is 0 Å². The summed E-state index contributed by atoms with van der Waals surface area (Å²) in [6.07, 6.45) is 6.63. The molecule has 2 aliphatic rings. The minimum atomic E-state index is 0.0716. The first kappa shape index (κ1) is 16.4. The van der Waals surface area contributed by atoms with Crippen LogP contribution < -0.4 is 0 Å². The molecule has 3 aromatic rings. The van der Waals surface area contributed by atoms with Crippen molar-refractivity contribution >= 4 is 0 Å². The zero-order valence-corrected chi connectivity index (χ0v) is 15.4. The molecule has 0 bridgehead atoms. The maximum atomic E-state index is 6.17. The zero-order chi connectivity index (χ0) is 18.1. The van der Waals surface area contributed by atoms with E-state index in [1.807, 2.05) is 6.26 Å². The van der Waals surface area contributed by atoms with Crippen LogP contribution in [0.15, 0.2) is 103 Å². The number of benzene rings is 3. The lowest BCUT2D eigenvalue weighted by atomic mass is 9.87. The van der Waals surface area contributed by atoms with Crippen molar-refractivity contribution in [3.63, 3.8) is 0 Å². The molecule has 5 rings (SSSR count). The van der Waals surface area contributed by atoms with Crippen molar-refractivity contribution in [2.24, 2.45) is 5.92 Å². The van der Waals surface area contributed by atoms with Gasteiger partial charge in [-0.2, -0.15) is 0 Å². The second-order valence-corrected chi connectivity index (χ2v) is 7.71. The van der Waals surface area contributed by atoms with Crippen molar-refractivity contribution in [3.8, 4) is 0 Å². The molecule has 0 saturated heterocycles. The summed E-state index contributed by atoms with van der Waals surface area (Å²) in [6.45, 7) is 0. The lowest BCUT2D eigenvalue weighted by molar-refractivity contribution is 0.0966. The molecule has 0 spiro atoms. The molecule has 1 heteroatoms. The maximum Gasteiger partial charge on any atom is 0.103 e. The standard InChI is InChI=1S/C26H24O/c1-4-10-20(11-5-1)16-17-23-25-24(21-12-6-2-7-13-21)26(25,18-19-27-23)22-14-8-3-9-15-22/h1-15,18-19,23-25H,16-17H2/t23-,24-,25-,26-/m1/s1. The first-order chi connectivity index (χ1) is 13.4. The van der Waals surface area contributed by atoms with Gasteiger partial charge in [0, 0.05) is 17.3 Å². The Labute approximate surface area is 161 Å². The van der Waals surface area contributed by atoms with Crippen LogP contribution in [0.5, 0.6) is 0 Å². The highest BCUT2D eigenvalue weighted by Gasteiger charge is 2.68. The molecule has 1 nitrogen and oxygen atoms in total. The number of allylic oxidation sites excluding steroid dienone is 1. The van der Waals surface area contributed by atoms with Crippen LogP contribution in [0.3, 0.4) is 0 Å². The van der Waals surface area contributed by atoms with E-state index < -0.39 is 0 Å². The number of ether oxygens (including phenoxy) is 1. The van der Waals surface area contributed by atoms with E-state index in [1.165, 1.54) is 16.7 Å². The minimum absolute atomic E-state index is 0.0716. The van der Waals surface area contributed by atoms with E-state index in [0.717, 1.165) is 12.8 Å². The molecule has 0 N–H and O–H groups in total. The average Bonchev–Trinajstić information content (AvgIpc) is 3.45. The molecule has 1 fully saturated rings. The van der Waals surface area contributed by atoms with Gasteiger partial charge in [0.15, 0.2) is 0 Å². The fourth-order valence-corrected chi connectivity index (χ4v) is 5.05. The van der Waals surface area contributed by atoms with Gasteiger partial charge in [0.25, 0.3) is 0 Å². The third kappa shape index (κ3) is 2.78. The van der Waals surface area contributed by atoms with Crippen LogP contribution in [0.4, 0.5) is 0 Å².